The first-order valence-electron chi connectivity index (χ1n) is 9.74. The summed E-state index contributed by atoms with van der Waals surface area (Å²) in [7, 11) is 0. The van der Waals surface area contributed by atoms with Gasteiger partial charge < -0.3 is 24.2 Å². The highest BCUT2D eigenvalue weighted by Gasteiger charge is 2.42. The fourth-order valence-corrected chi connectivity index (χ4v) is 4.10. The van der Waals surface area contributed by atoms with Crippen molar-refractivity contribution in [1.82, 2.24) is 9.80 Å². The molecule has 3 saturated heterocycles. The van der Waals surface area contributed by atoms with E-state index >= 15 is 0 Å². The van der Waals surface area contributed by atoms with Crippen molar-refractivity contribution in [3.63, 3.8) is 0 Å². The third-order valence-electron chi connectivity index (χ3n) is 5.74. The summed E-state index contributed by atoms with van der Waals surface area (Å²) in [5, 5.41) is 0. The van der Waals surface area contributed by atoms with Gasteiger partial charge in [0, 0.05) is 57.8 Å². The molecule has 0 bridgehead atoms. The summed E-state index contributed by atoms with van der Waals surface area (Å²) in [6, 6.07) is 8.37. The van der Waals surface area contributed by atoms with Crippen molar-refractivity contribution in [2.45, 2.75) is 25.6 Å². The van der Waals surface area contributed by atoms with E-state index in [0.29, 0.717) is 52.2 Å². The number of carbonyl (C=O) groups is 2. The van der Waals surface area contributed by atoms with Crippen molar-refractivity contribution in [3.8, 4) is 0 Å². The normalized spacial score (nSPS) is 22.3. The summed E-state index contributed by atoms with van der Waals surface area (Å²) < 4.78 is 11.4. The number of ether oxygens (including phenoxy) is 2. The Morgan fingerprint density at radius 3 is 2.07 bits per heavy atom. The fraction of sp³-hybridized carbons (Fsp3) is 0.600. The molecule has 1 spiro atoms. The van der Waals surface area contributed by atoms with Crippen LogP contribution in [0.2, 0.25) is 0 Å². The predicted octanol–water partition coefficient (Wildman–Crippen LogP) is 1.01. The van der Waals surface area contributed by atoms with Crippen LogP contribution in [0.25, 0.3) is 0 Å². The number of hydrogen-bond acceptors (Lipinski definition) is 5. The van der Waals surface area contributed by atoms with Crippen LogP contribution < -0.4 is 4.90 Å². The molecule has 0 atom stereocenters. The molecule has 0 aromatic heterocycles. The van der Waals surface area contributed by atoms with Crippen LogP contribution in [0, 0.1) is 6.92 Å². The SMILES string of the molecule is Cc1cccc(N2CCN(C(=O)C(=O)N3CCC4(CC3)OCCO4)CC2)c1. The first-order valence-corrected chi connectivity index (χ1v) is 9.74. The van der Waals surface area contributed by atoms with Gasteiger partial charge in [0.05, 0.1) is 13.2 Å². The third-order valence-corrected chi connectivity index (χ3v) is 5.74. The van der Waals surface area contributed by atoms with E-state index in [2.05, 4.69) is 30.0 Å². The number of nitrogens with zero attached hydrogens (tertiary/aromatic N) is 3. The molecular formula is C20H27N3O4. The quantitative estimate of drug-likeness (QED) is 0.688. The number of likely N-dealkylation sites (tertiary alicyclic amines) is 1. The maximum atomic E-state index is 12.7. The second-order valence-corrected chi connectivity index (χ2v) is 7.52. The zero-order valence-electron chi connectivity index (χ0n) is 15.9. The van der Waals surface area contributed by atoms with Crippen LogP contribution in [-0.4, -0.2) is 79.9 Å². The molecule has 3 fully saturated rings. The minimum absolute atomic E-state index is 0.386. The monoisotopic (exact) mass is 373 g/mol. The number of aryl methyl sites for hydroxylation is 1. The molecule has 0 saturated carbocycles. The molecule has 146 valence electrons. The van der Waals surface area contributed by atoms with Gasteiger partial charge in [-0.25, -0.2) is 0 Å². The highest BCUT2D eigenvalue weighted by Crippen LogP contribution is 2.31. The van der Waals surface area contributed by atoms with Gasteiger partial charge in [-0.05, 0) is 24.6 Å². The van der Waals surface area contributed by atoms with E-state index in [1.54, 1.807) is 9.80 Å². The van der Waals surface area contributed by atoms with E-state index < -0.39 is 11.7 Å². The number of anilines is 1. The van der Waals surface area contributed by atoms with Crippen molar-refractivity contribution in [1.29, 1.82) is 0 Å². The second-order valence-electron chi connectivity index (χ2n) is 7.52. The van der Waals surface area contributed by atoms with Gasteiger partial charge in [0.2, 0.25) is 0 Å². The van der Waals surface area contributed by atoms with Crippen molar-refractivity contribution in [2.75, 3.05) is 57.4 Å². The van der Waals surface area contributed by atoms with Crippen LogP contribution in [0.15, 0.2) is 24.3 Å². The number of amides is 2. The van der Waals surface area contributed by atoms with Crippen molar-refractivity contribution < 1.29 is 19.1 Å². The molecule has 7 nitrogen and oxygen atoms in total. The van der Waals surface area contributed by atoms with Crippen LogP contribution in [0.5, 0.6) is 0 Å². The number of carbonyl (C=O) groups excluding carboxylic acids is 2. The van der Waals surface area contributed by atoms with E-state index in [0.717, 1.165) is 13.1 Å². The van der Waals surface area contributed by atoms with Crippen molar-refractivity contribution in [3.05, 3.63) is 29.8 Å². The van der Waals surface area contributed by atoms with E-state index in [4.69, 9.17) is 9.47 Å². The molecule has 4 rings (SSSR count). The molecule has 0 radical (unpaired) electrons. The Balaban J connectivity index is 1.29. The predicted molar refractivity (Wildman–Crippen MR) is 100 cm³/mol. The Hall–Kier alpha value is -2.12. The number of hydrogen-bond donors (Lipinski definition) is 0. The lowest BCUT2D eigenvalue weighted by Crippen LogP contribution is -2.55. The number of benzene rings is 1. The van der Waals surface area contributed by atoms with Crippen molar-refractivity contribution in [2.24, 2.45) is 0 Å². The van der Waals surface area contributed by atoms with Gasteiger partial charge in [-0.1, -0.05) is 12.1 Å². The van der Waals surface area contributed by atoms with E-state index in [1.807, 2.05) is 6.07 Å². The minimum Gasteiger partial charge on any atom is -0.368 e. The number of rotatable bonds is 1. The van der Waals surface area contributed by atoms with Gasteiger partial charge in [-0.15, -0.1) is 0 Å². The van der Waals surface area contributed by atoms with Crippen LogP contribution in [0.1, 0.15) is 18.4 Å². The summed E-state index contributed by atoms with van der Waals surface area (Å²) in [6.07, 6.45) is 1.26. The first kappa shape index (κ1) is 18.3. The van der Waals surface area contributed by atoms with Crippen LogP contribution in [0.4, 0.5) is 5.69 Å². The summed E-state index contributed by atoms with van der Waals surface area (Å²) in [5.74, 6) is -1.31. The molecule has 1 aromatic rings. The minimum atomic E-state index is -0.529. The zero-order chi connectivity index (χ0) is 18.9. The van der Waals surface area contributed by atoms with Crippen LogP contribution >= 0.6 is 0 Å². The average molecular weight is 373 g/mol. The molecule has 0 aliphatic carbocycles. The summed E-state index contributed by atoms with van der Waals surface area (Å²) in [4.78, 5) is 30.9. The lowest BCUT2D eigenvalue weighted by molar-refractivity contribution is -0.188. The Labute approximate surface area is 159 Å². The number of piperazine rings is 1. The molecule has 27 heavy (non-hydrogen) atoms. The summed E-state index contributed by atoms with van der Waals surface area (Å²) in [5.41, 5.74) is 2.39. The van der Waals surface area contributed by atoms with Crippen molar-refractivity contribution >= 4 is 17.5 Å². The molecule has 0 N–H and O–H groups in total. The Morgan fingerprint density at radius 1 is 0.889 bits per heavy atom. The Kier molecular flexibility index (Phi) is 5.06. The van der Waals surface area contributed by atoms with Gasteiger partial charge in [-0.2, -0.15) is 0 Å². The standard InChI is InChI=1S/C20H27N3O4/c1-16-3-2-4-17(15-16)21-9-11-23(12-10-21)19(25)18(24)22-7-5-20(6-8-22)26-13-14-27-20/h2-4,15H,5-14H2,1H3. The fourth-order valence-electron chi connectivity index (χ4n) is 4.10. The molecule has 3 aliphatic rings. The van der Waals surface area contributed by atoms with E-state index in [9.17, 15) is 9.59 Å². The second kappa shape index (κ2) is 7.48. The van der Waals surface area contributed by atoms with E-state index in [1.165, 1.54) is 11.3 Å². The Bertz CT molecular complexity index is 699. The highest BCUT2D eigenvalue weighted by molar-refractivity contribution is 6.34. The third kappa shape index (κ3) is 3.80. The highest BCUT2D eigenvalue weighted by atomic mass is 16.7. The largest absolute Gasteiger partial charge is 0.368 e. The molecular weight excluding hydrogens is 346 g/mol. The molecule has 3 aliphatic heterocycles. The molecule has 0 unspecified atom stereocenters. The topological polar surface area (TPSA) is 62.3 Å². The van der Waals surface area contributed by atoms with Gasteiger partial charge in [0.1, 0.15) is 0 Å². The Morgan fingerprint density at radius 2 is 1.48 bits per heavy atom. The zero-order valence-corrected chi connectivity index (χ0v) is 15.9. The maximum Gasteiger partial charge on any atom is 0.312 e. The van der Waals surface area contributed by atoms with Gasteiger partial charge in [-0.3, -0.25) is 9.59 Å². The maximum absolute atomic E-state index is 12.7. The van der Waals surface area contributed by atoms with Gasteiger partial charge >= 0.3 is 11.8 Å². The lowest BCUT2D eigenvalue weighted by atomic mass is 10.0. The summed E-state index contributed by atoms with van der Waals surface area (Å²) >= 11 is 0. The van der Waals surface area contributed by atoms with E-state index in [-0.39, 0.29) is 5.91 Å². The average Bonchev–Trinajstić information content (AvgIpc) is 3.15. The van der Waals surface area contributed by atoms with Crippen LogP contribution in [0.3, 0.4) is 0 Å². The first-order chi connectivity index (χ1) is 13.1. The summed E-state index contributed by atoms with van der Waals surface area (Å²) in [6.45, 7) is 6.94. The molecule has 2 amide bonds. The molecule has 1 aromatic carbocycles. The number of piperidine rings is 1. The molecule has 3 heterocycles. The van der Waals surface area contributed by atoms with Gasteiger partial charge in [0.15, 0.2) is 5.79 Å². The smallest absolute Gasteiger partial charge is 0.312 e. The van der Waals surface area contributed by atoms with Crippen LogP contribution in [-0.2, 0) is 19.1 Å². The lowest BCUT2D eigenvalue weighted by Gasteiger charge is -2.39. The molecule has 7 heteroatoms. The van der Waals surface area contributed by atoms with Gasteiger partial charge in [0.25, 0.3) is 0 Å².